The van der Waals surface area contributed by atoms with Crippen molar-refractivity contribution >= 4 is 23.2 Å². The summed E-state index contributed by atoms with van der Waals surface area (Å²) in [4.78, 5) is 32.8. The Morgan fingerprint density at radius 2 is 1.70 bits per heavy atom. The van der Waals surface area contributed by atoms with E-state index in [0.29, 0.717) is 36.4 Å². The smallest absolute Gasteiger partial charge is 0.255 e. The van der Waals surface area contributed by atoms with Crippen molar-refractivity contribution < 1.29 is 14.7 Å². The first-order valence-corrected chi connectivity index (χ1v) is 12.9. The van der Waals surface area contributed by atoms with E-state index in [4.69, 9.17) is 5.11 Å². The summed E-state index contributed by atoms with van der Waals surface area (Å²) in [7, 11) is 0. The molecule has 1 saturated heterocycles. The lowest BCUT2D eigenvalue weighted by molar-refractivity contribution is 0.0954. The fourth-order valence-corrected chi connectivity index (χ4v) is 4.45. The molecule has 0 saturated carbocycles. The van der Waals surface area contributed by atoms with Gasteiger partial charge < -0.3 is 26.0 Å². The normalized spacial score (nSPS) is 13.3. The zero-order valence-corrected chi connectivity index (χ0v) is 21.3. The molecule has 2 aromatic carbocycles. The van der Waals surface area contributed by atoms with Gasteiger partial charge in [0.1, 0.15) is 0 Å². The number of amides is 2. The molecule has 2 amide bonds. The van der Waals surface area contributed by atoms with E-state index in [0.717, 1.165) is 35.6 Å². The van der Waals surface area contributed by atoms with E-state index >= 15 is 0 Å². The minimum absolute atomic E-state index is 0.0493. The summed E-state index contributed by atoms with van der Waals surface area (Å²) in [5.41, 5.74) is 5.37. The molecule has 37 heavy (non-hydrogen) atoms. The van der Waals surface area contributed by atoms with Gasteiger partial charge in [-0.15, -0.1) is 0 Å². The number of hydrogen-bond acceptors (Lipinski definition) is 6. The van der Waals surface area contributed by atoms with Crippen molar-refractivity contribution in [3.63, 3.8) is 0 Å². The molecule has 0 bridgehead atoms. The third kappa shape index (κ3) is 7.15. The Morgan fingerprint density at radius 1 is 0.919 bits per heavy atom. The van der Waals surface area contributed by atoms with Gasteiger partial charge in [-0.25, -0.2) is 0 Å². The Kier molecular flexibility index (Phi) is 9.24. The second kappa shape index (κ2) is 13.0. The fraction of sp³-hybridized carbons (Fsp3) is 0.345. The third-order valence-corrected chi connectivity index (χ3v) is 6.43. The molecule has 1 fully saturated rings. The average molecular weight is 502 g/mol. The number of carbonyl (C=O) groups excluding carboxylic acids is 2. The van der Waals surface area contributed by atoms with Gasteiger partial charge in [-0.2, -0.15) is 0 Å². The van der Waals surface area contributed by atoms with Crippen LogP contribution in [0, 0.1) is 6.92 Å². The van der Waals surface area contributed by atoms with Crippen LogP contribution in [-0.4, -0.2) is 61.2 Å². The number of anilines is 2. The van der Waals surface area contributed by atoms with Gasteiger partial charge in [-0.3, -0.25) is 14.6 Å². The van der Waals surface area contributed by atoms with Crippen LogP contribution in [0.15, 0.2) is 60.8 Å². The lowest BCUT2D eigenvalue weighted by Crippen LogP contribution is -2.33. The molecule has 8 nitrogen and oxygen atoms in total. The maximum Gasteiger partial charge on any atom is 0.255 e. The molecule has 3 aromatic rings. The number of nitrogens with zero attached hydrogens (tertiary/aromatic N) is 2. The van der Waals surface area contributed by atoms with Crippen molar-refractivity contribution in [1.82, 2.24) is 15.6 Å². The Hall–Kier alpha value is -3.75. The highest BCUT2D eigenvalue weighted by atomic mass is 16.3. The van der Waals surface area contributed by atoms with Gasteiger partial charge in [0.05, 0.1) is 18.0 Å². The molecule has 8 heteroatoms. The van der Waals surface area contributed by atoms with Crippen LogP contribution in [0.4, 0.5) is 11.4 Å². The Labute approximate surface area is 218 Å². The number of nitrogens with one attached hydrogen (secondary N) is 3. The molecule has 0 aliphatic carbocycles. The molecule has 0 spiro atoms. The molecule has 1 aliphatic rings. The average Bonchev–Trinajstić information content (AvgIpc) is 2.93. The summed E-state index contributed by atoms with van der Waals surface area (Å²) in [6.07, 6.45) is 5.40. The van der Waals surface area contributed by atoms with Crippen molar-refractivity contribution in [3.05, 3.63) is 77.5 Å². The van der Waals surface area contributed by atoms with Crippen LogP contribution in [0.3, 0.4) is 0 Å². The Balaban J connectivity index is 1.53. The van der Waals surface area contributed by atoms with E-state index in [9.17, 15) is 9.59 Å². The van der Waals surface area contributed by atoms with Crippen LogP contribution in [-0.2, 0) is 0 Å². The largest absolute Gasteiger partial charge is 0.395 e. The summed E-state index contributed by atoms with van der Waals surface area (Å²) in [6, 6.07) is 16.8. The first-order chi connectivity index (χ1) is 18.0. The minimum atomic E-state index is -0.293. The number of aromatic nitrogens is 1. The molecule has 0 unspecified atom stereocenters. The number of aryl methyl sites for hydroxylation is 1. The lowest BCUT2D eigenvalue weighted by Gasteiger charge is -2.29. The second-order valence-corrected chi connectivity index (χ2v) is 9.26. The van der Waals surface area contributed by atoms with Gasteiger partial charge >= 0.3 is 0 Å². The summed E-state index contributed by atoms with van der Waals surface area (Å²) < 4.78 is 0. The maximum absolute atomic E-state index is 13.3. The molecule has 1 aliphatic heterocycles. The molecule has 0 radical (unpaired) electrons. The van der Waals surface area contributed by atoms with Crippen LogP contribution in [0.25, 0.3) is 11.3 Å². The quantitative estimate of drug-likeness (QED) is 0.316. The highest BCUT2D eigenvalue weighted by Gasteiger charge is 2.17. The van der Waals surface area contributed by atoms with Crippen molar-refractivity contribution in [3.8, 4) is 11.3 Å². The van der Waals surface area contributed by atoms with Crippen molar-refractivity contribution in [2.75, 3.05) is 49.5 Å². The van der Waals surface area contributed by atoms with Gasteiger partial charge in [-0.05, 0) is 80.3 Å². The molecule has 0 atom stereocenters. The third-order valence-electron chi connectivity index (χ3n) is 6.43. The predicted octanol–water partition coefficient (Wildman–Crippen LogP) is 3.61. The highest BCUT2D eigenvalue weighted by molar-refractivity contribution is 6.08. The van der Waals surface area contributed by atoms with Crippen LogP contribution < -0.4 is 20.9 Å². The number of hydrogen-bond donors (Lipinski definition) is 4. The molecular formula is C29H35N5O3. The predicted molar refractivity (Wildman–Crippen MR) is 147 cm³/mol. The van der Waals surface area contributed by atoms with Gasteiger partial charge in [0.15, 0.2) is 0 Å². The van der Waals surface area contributed by atoms with Crippen molar-refractivity contribution in [2.45, 2.75) is 26.2 Å². The number of piperidine rings is 1. The first kappa shape index (κ1) is 26.3. The zero-order chi connectivity index (χ0) is 26.0. The van der Waals surface area contributed by atoms with E-state index in [1.165, 1.54) is 19.3 Å². The van der Waals surface area contributed by atoms with Crippen LogP contribution in [0.2, 0.25) is 0 Å². The zero-order valence-electron chi connectivity index (χ0n) is 21.3. The fourth-order valence-electron chi connectivity index (χ4n) is 4.45. The van der Waals surface area contributed by atoms with Gasteiger partial charge in [0, 0.05) is 61.3 Å². The molecular weight excluding hydrogens is 466 g/mol. The van der Waals surface area contributed by atoms with Crippen LogP contribution in [0.1, 0.15) is 45.5 Å². The number of pyridine rings is 1. The second-order valence-electron chi connectivity index (χ2n) is 9.26. The van der Waals surface area contributed by atoms with Gasteiger partial charge in [0.2, 0.25) is 0 Å². The molecule has 2 heterocycles. The van der Waals surface area contributed by atoms with E-state index in [1.807, 2.05) is 25.1 Å². The van der Waals surface area contributed by atoms with Crippen molar-refractivity contribution in [1.29, 1.82) is 0 Å². The monoisotopic (exact) mass is 501 g/mol. The summed E-state index contributed by atoms with van der Waals surface area (Å²) in [5.74, 6) is -0.546. The minimum Gasteiger partial charge on any atom is -0.395 e. The number of aliphatic hydroxyl groups is 1. The Morgan fingerprint density at radius 3 is 2.46 bits per heavy atom. The van der Waals surface area contributed by atoms with Crippen molar-refractivity contribution in [2.24, 2.45) is 0 Å². The highest BCUT2D eigenvalue weighted by Crippen LogP contribution is 2.33. The SMILES string of the molecule is Cc1ccnc(-c2cc(N3CCCCC3)ccc2NC(=O)c2cccc(C(=O)NCCNCCO)c2)c1. The maximum atomic E-state index is 13.3. The van der Waals surface area contributed by atoms with E-state index in [-0.39, 0.29) is 18.4 Å². The summed E-state index contributed by atoms with van der Waals surface area (Å²) in [5, 5.41) is 17.7. The number of aliphatic hydroxyl groups excluding tert-OH is 1. The van der Waals surface area contributed by atoms with Crippen LogP contribution >= 0.6 is 0 Å². The standard InChI is InChI=1S/C29H35N5O3/c1-21-10-11-31-27(18-21)25-20-24(34-15-3-2-4-16-34)8-9-26(25)33-29(37)23-7-5-6-22(19-23)28(36)32-13-12-30-14-17-35/h5-11,18-20,30,35H,2-4,12-17H2,1H3,(H,32,36)(H,33,37). The number of carbonyl (C=O) groups is 2. The number of benzene rings is 2. The van der Waals surface area contributed by atoms with E-state index < -0.39 is 0 Å². The topological polar surface area (TPSA) is 107 Å². The Bertz CT molecular complexity index is 1220. The molecule has 4 rings (SSSR count). The summed E-state index contributed by atoms with van der Waals surface area (Å²) in [6.45, 7) is 5.58. The first-order valence-electron chi connectivity index (χ1n) is 12.9. The summed E-state index contributed by atoms with van der Waals surface area (Å²) >= 11 is 0. The van der Waals surface area contributed by atoms with Gasteiger partial charge in [-0.1, -0.05) is 6.07 Å². The lowest BCUT2D eigenvalue weighted by atomic mass is 10.0. The molecule has 194 valence electrons. The van der Waals surface area contributed by atoms with E-state index in [1.54, 1.807) is 30.5 Å². The molecule has 1 aromatic heterocycles. The van der Waals surface area contributed by atoms with E-state index in [2.05, 4.69) is 38.0 Å². The molecule has 4 N–H and O–H groups in total. The van der Waals surface area contributed by atoms with Gasteiger partial charge in [0.25, 0.3) is 11.8 Å². The van der Waals surface area contributed by atoms with Crippen LogP contribution in [0.5, 0.6) is 0 Å². The number of rotatable bonds is 10.